The molecular weight excluding hydrogens is 418 g/mol. The highest BCUT2D eigenvalue weighted by atomic mass is 35.5. The van der Waals surface area contributed by atoms with Crippen LogP contribution in [0.4, 0.5) is 21.6 Å². The number of nitro benzene ring substituents is 1. The van der Waals surface area contributed by atoms with Crippen LogP contribution in [0.2, 0.25) is 5.02 Å². The highest BCUT2D eigenvalue weighted by Gasteiger charge is 2.19. The fraction of sp³-hybridized carbons (Fsp3) is 0.263. The Kier molecular flexibility index (Phi) is 6.77. The van der Waals surface area contributed by atoms with Gasteiger partial charge in [-0.05, 0) is 44.1 Å². The molecule has 1 heterocycles. The molecule has 0 aliphatic heterocycles. The first-order valence-corrected chi connectivity index (χ1v) is 11.6. The molecule has 0 spiro atoms. The summed E-state index contributed by atoms with van der Waals surface area (Å²) >= 11 is 5.81. The molecule has 152 valence electrons. The summed E-state index contributed by atoms with van der Waals surface area (Å²) in [5.41, 5.74) is 0.822. The lowest BCUT2D eigenvalue weighted by atomic mass is 10.2. The SMILES string of the molecule is CP(C)CCCOc1cc2ncnc(Nc3ccc(F)c(Cl)c3)c2cc1[N+](=O)[O-]. The zero-order valence-electron chi connectivity index (χ0n) is 15.9. The lowest BCUT2D eigenvalue weighted by molar-refractivity contribution is -0.385. The molecule has 0 saturated heterocycles. The van der Waals surface area contributed by atoms with E-state index in [1.54, 1.807) is 6.07 Å². The number of anilines is 2. The molecule has 0 radical (unpaired) electrons. The number of aromatic nitrogens is 2. The number of hydrogen-bond acceptors (Lipinski definition) is 6. The zero-order valence-corrected chi connectivity index (χ0v) is 17.5. The predicted molar refractivity (Wildman–Crippen MR) is 115 cm³/mol. The van der Waals surface area contributed by atoms with Crippen LogP contribution in [-0.4, -0.2) is 41.0 Å². The highest BCUT2D eigenvalue weighted by Crippen LogP contribution is 2.35. The smallest absolute Gasteiger partial charge is 0.311 e. The minimum atomic E-state index is -0.541. The van der Waals surface area contributed by atoms with Gasteiger partial charge < -0.3 is 10.1 Å². The number of nitrogens with zero attached hydrogens (tertiary/aromatic N) is 3. The topological polar surface area (TPSA) is 90.2 Å². The van der Waals surface area contributed by atoms with Crippen LogP contribution in [0.25, 0.3) is 10.9 Å². The van der Waals surface area contributed by atoms with Crippen LogP contribution in [0.5, 0.6) is 5.75 Å². The summed E-state index contributed by atoms with van der Waals surface area (Å²) in [6.45, 7) is 4.75. The molecule has 2 aromatic carbocycles. The lowest BCUT2D eigenvalue weighted by Gasteiger charge is -2.12. The Balaban J connectivity index is 1.93. The summed E-state index contributed by atoms with van der Waals surface area (Å²) in [5.74, 6) is -0.0238. The van der Waals surface area contributed by atoms with E-state index in [2.05, 4.69) is 28.6 Å². The summed E-state index contributed by atoms with van der Waals surface area (Å²) in [6.07, 6.45) is 3.20. The van der Waals surface area contributed by atoms with Crippen molar-refractivity contribution in [1.29, 1.82) is 0 Å². The van der Waals surface area contributed by atoms with E-state index >= 15 is 0 Å². The van der Waals surface area contributed by atoms with E-state index in [9.17, 15) is 14.5 Å². The average molecular weight is 437 g/mol. The maximum absolute atomic E-state index is 13.4. The Morgan fingerprint density at radius 2 is 2.07 bits per heavy atom. The highest BCUT2D eigenvalue weighted by molar-refractivity contribution is 7.55. The quantitative estimate of drug-likeness (QED) is 0.214. The molecule has 3 aromatic rings. The summed E-state index contributed by atoms with van der Waals surface area (Å²) in [7, 11) is -0.0383. The van der Waals surface area contributed by atoms with Gasteiger partial charge in [0.25, 0.3) is 0 Å². The third-order valence-corrected chi connectivity index (χ3v) is 5.60. The number of halogens is 2. The van der Waals surface area contributed by atoms with E-state index < -0.39 is 10.7 Å². The van der Waals surface area contributed by atoms with Gasteiger partial charge in [0.05, 0.1) is 27.5 Å². The van der Waals surface area contributed by atoms with Gasteiger partial charge in [0.2, 0.25) is 0 Å². The largest absolute Gasteiger partial charge is 0.487 e. The van der Waals surface area contributed by atoms with E-state index in [-0.39, 0.29) is 24.4 Å². The number of rotatable bonds is 8. The fourth-order valence-electron chi connectivity index (χ4n) is 2.70. The number of nitro groups is 1. The Morgan fingerprint density at radius 3 is 2.76 bits per heavy atom. The second-order valence-corrected chi connectivity index (χ2v) is 9.59. The van der Waals surface area contributed by atoms with Crippen LogP contribution in [0, 0.1) is 15.9 Å². The molecule has 0 fully saturated rings. The van der Waals surface area contributed by atoms with Gasteiger partial charge in [-0.3, -0.25) is 10.1 Å². The van der Waals surface area contributed by atoms with Crippen LogP contribution in [0.3, 0.4) is 0 Å². The van der Waals surface area contributed by atoms with Crippen LogP contribution in [-0.2, 0) is 0 Å². The molecule has 0 saturated carbocycles. The normalized spacial score (nSPS) is 11.1. The lowest BCUT2D eigenvalue weighted by Crippen LogP contribution is -2.03. The van der Waals surface area contributed by atoms with Gasteiger partial charge in [-0.15, -0.1) is 7.92 Å². The van der Waals surface area contributed by atoms with Crippen LogP contribution in [0.15, 0.2) is 36.7 Å². The molecule has 0 amide bonds. The molecule has 0 aliphatic carbocycles. The number of nitrogens with one attached hydrogen (secondary N) is 1. The van der Waals surface area contributed by atoms with Gasteiger partial charge in [-0.25, -0.2) is 14.4 Å². The Labute approximate surface area is 173 Å². The molecule has 0 aliphatic rings. The van der Waals surface area contributed by atoms with Crippen molar-refractivity contribution < 1.29 is 14.1 Å². The van der Waals surface area contributed by atoms with Gasteiger partial charge in [0, 0.05) is 17.8 Å². The second-order valence-electron chi connectivity index (χ2n) is 6.58. The molecular formula is C19H19ClFN4O3P. The molecule has 0 bridgehead atoms. The molecule has 3 rings (SSSR count). The van der Waals surface area contributed by atoms with Gasteiger partial charge in [0.1, 0.15) is 18.0 Å². The maximum atomic E-state index is 13.4. The van der Waals surface area contributed by atoms with Gasteiger partial charge in [-0.1, -0.05) is 11.6 Å². The van der Waals surface area contributed by atoms with Gasteiger partial charge in [0.15, 0.2) is 5.75 Å². The molecule has 7 nitrogen and oxygen atoms in total. The summed E-state index contributed by atoms with van der Waals surface area (Å²) in [5, 5.41) is 15.0. The zero-order chi connectivity index (χ0) is 21.0. The van der Waals surface area contributed by atoms with Crippen LogP contribution in [0.1, 0.15) is 6.42 Å². The van der Waals surface area contributed by atoms with Crippen molar-refractivity contribution >= 4 is 47.6 Å². The summed E-state index contributed by atoms with van der Waals surface area (Å²) in [4.78, 5) is 19.4. The number of fused-ring (bicyclic) bond motifs is 1. The number of ether oxygens (including phenoxy) is 1. The first kappa shape index (κ1) is 21.1. The maximum Gasteiger partial charge on any atom is 0.311 e. The van der Waals surface area contributed by atoms with Crippen molar-refractivity contribution in [2.45, 2.75) is 6.42 Å². The van der Waals surface area contributed by atoms with E-state index in [0.29, 0.717) is 29.0 Å². The van der Waals surface area contributed by atoms with Crippen molar-refractivity contribution in [3.63, 3.8) is 0 Å². The van der Waals surface area contributed by atoms with Gasteiger partial charge in [-0.2, -0.15) is 0 Å². The molecule has 10 heteroatoms. The Hall–Kier alpha value is -2.57. The molecule has 0 unspecified atom stereocenters. The molecule has 1 N–H and O–H groups in total. The second kappa shape index (κ2) is 9.29. The minimum Gasteiger partial charge on any atom is -0.487 e. The predicted octanol–water partition coefficient (Wildman–Crippen LogP) is 5.58. The van der Waals surface area contributed by atoms with Crippen molar-refractivity contribution in [3.8, 4) is 5.75 Å². The third kappa shape index (κ3) is 5.28. The minimum absolute atomic E-state index is 0.0383. The average Bonchev–Trinajstić information content (AvgIpc) is 2.67. The number of hydrogen-bond donors (Lipinski definition) is 1. The number of benzene rings is 2. The first-order valence-electron chi connectivity index (χ1n) is 8.78. The summed E-state index contributed by atoms with van der Waals surface area (Å²) < 4.78 is 19.0. The van der Waals surface area contributed by atoms with Crippen LogP contribution >= 0.6 is 19.5 Å². The van der Waals surface area contributed by atoms with Crippen LogP contribution < -0.4 is 10.1 Å². The van der Waals surface area contributed by atoms with E-state index in [1.807, 2.05) is 0 Å². The van der Waals surface area contributed by atoms with E-state index in [4.69, 9.17) is 16.3 Å². The van der Waals surface area contributed by atoms with E-state index in [0.717, 1.165) is 12.6 Å². The first-order chi connectivity index (χ1) is 13.8. The Bertz CT molecular complexity index is 1050. The molecule has 29 heavy (non-hydrogen) atoms. The van der Waals surface area contributed by atoms with Crippen molar-refractivity contribution in [3.05, 3.63) is 57.6 Å². The fourth-order valence-corrected chi connectivity index (χ4v) is 3.65. The summed E-state index contributed by atoms with van der Waals surface area (Å²) in [6, 6.07) is 7.05. The third-order valence-electron chi connectivity index (χ3n) is 4.10. The van der Waals surface area contributed by atoms with E-state index in [1.165, 1.54) is 30.6 Å². The molecule has 0 atom stereocenters. The monoisotopic (exact) mass is 436 g/mol. The molecule has 1 aromatic heterocycles. The van der Waals surface area contributed by atoms with Gasteiger partial charge >= 0.3 is 5.69 Å². The van der Waals surface area contributed by atoms with Crippen molar-refractivity contribution in [1.82, 2.24) is 9.97 Å². The van der Waals surface area contributed by atoms with Crippen molar-refractivity contribution in [2.24, 2.45) is 0 Å². The Morgan fingerprint density at radius 1 is 1.28 bits per heavy atom. The van der Waals surface area contributed by atoms with Crippen molar-refractivity contribution in [2.75, 3.05) is 31.4 Å². The standard InChI is InChI=1S/C19H19ClFN4O3P/c1-29(2)7-3-6-28-18-10-16-13(9-17(18)25(26)27)19(23-11-22-16)24-12-4-5-15(21)14(20)8-12/h4-5,8-11H,3,6-7H2,1-2H3,(H,22,23,24).